The Morgan fingerprint density at radius 2 is 1.60 bits per heavy atom. The third-order valence-electron chi connectivity index (χ3n) is 6.45. The molecule has 4 rings (SSSR count). The van der Waals surface area contributed by atoms with Crippen molar-refractivity contribution in [2.24, 2.45) is 0 Å². The zero-order valence-corrected chi connectivity index (χ0v) is 24.6. The molecule has 8 heteroatoms. The van der Waals surface area contributed by atoms with E-state index in [1.54, 1.807) is 55.6 Å². The Morgan fingerprint density at radius 1 is 0.925 bits per heavy atom. The van der Waals surface area contributed by atoms with E-state index in [1.165, 1.54) is 12.0 Å². The van der Waals surface area contributed by atoms with Crippen LogP contribution in [0.4, 0.5) is 5.69 Å². The zero-order chi connectivity index (χ0) is 29.2. The molecule has 0 bridgehead atoms. The SMILES string of the molecule is COc1ccc(N(C(=O)c2cccc(OC)c2)C(C(=O)NC(C)(C)C)c2cc3c(C)cc(C)cc3nc2Cl)cc1. The number of aromatic nitrogens is 1. The zero-order valence-electron chi connectivity index (χ0n) is 23.8. The van der Waals surface area contributed by atoms with Gasteiger partial charge in [-0.1, -0.05) is 23.7 Å². The van der Waals surface area contributed by atoms with Gasteiger partial charge in [-0.15, -0.1) is 0 Å². The smallest absolute Gasteiger partial charge is 0.259 e. The fourth-order valence-electron chi connectivity index (χ4n) is 4.67. The van der Waals surface area contributed by atoms with Crippen LogP contribution in [0.1, 0.15) is 53.9 Å². The standard InChI is InChI=1S/C32H34ClN3O4/c1-19-15-20(2)25-18-26(29(33)34-27(25)16-19)28(30(37)35-32(3,4)5)36(22-11-13-23(39-6)14-12-22)31(38)21-9-8-10-24(17-21)40-7/h8-18,28H,1-7H3,(H,35,37). The summed E-state index contributed by atoms with van der Waals surface area (Å²) in [6.45, 7) is 9.64. The molecule has 7 nitrogen and oxygen atoms in total. The van der Waals surface area contributed by atoms with Crippen LogP contribution < -0.4 is 19.7 Å². The molecular weight excluding hydrogens is 526 g/mol. The number of nitrogens with one attached hydrogen (secondary N) is 1. The number of nitrogens with zero attached hydrogens (tertiary/aromatic N) is 2. The van der Waals surface area contributed by atoms with E-state index in [4.69, 9.17) is 21.1 Å². The highest BCUT2D eigenvalue weighted by molar-refractivity contribution is 6.31. The highest BCUT2D eigenvalue weighted by atomic mass is 35.5. The summed E-state index contributed by atoms with van der Waals surface area (Å²) in [5.41, 5.74) is 3.43. The first-order valence-electron chi connectivity index (χ1n) is 12.9. The van der Waals surface area contributed by atoms with Crippen molar-refractivity contribution < 1.29 is 19.1 Å². The number of hydrogen-bond donors (Lipinski definition) is 1. The van der Waals surface area contributed by atoms with Gasteiger partial charge in [0.05, 0.1) is 19.7 Å². The van der Waals surface area contributed by atoms with E-state index < -0.39 is 23.4 Å². The second-order valence-electron chi connectivity index (χ2n) is 10.8. The molecule has 0 fully saturated rings. The van der Waals surface area contributed by atoms with Gasteiger partial charge < -0.3 is 14.8 Å². The Labute approximate surface area is 240 Å². The van der Waals surface area contributed by atoms with Crippen LogP contribution >= 0.6 is 11.6 Å². The molecule has 1 atom stereocenters. The average Bonchev–Trinajstić information content (AvgIpc) is 2.90. The number of ether oxygens (including phenoxy) is 2. The van der Waals surface area contributed by atoms with Crippen LogP contribution in [-0.4, -0.2) is 36.6 Å². The van der Waals surface area contributed by atoms with Gasteiger partial charge in [0, 0.05) is 27.7 Å². The summed E-state index contributed by atoms with van der Waals surface area (Å²) in [4.78, 5) is 34.6. The lowest BCUT2D eigenvalue weighted by atomic mass is 9.97. The van der Waals surface area contributed by atoms with Crippen molar-refractivity contribution in [3.63, 3.8) is 0 Å². The number of aryl methyl sites for hydroxylation is 2. The Bertz CT molecular complexity index is 1560. The second-order valence-corrected chi connectivity index (χ2v) is 11.1. The van der Waals surface area contributed by atoms with E-state index in [0.29, 0.717) is 28.3 Å². The number of carbonyl (C=O) groups is 2. The fraction of sp³-hybridized carbons (Fsp3) is 0.281. The van der Waals surface area contributed by atoms with Crippen LogP contribution in [0.3, 0.4) is 0 Å². The summed E-state index contributed by atoms with van der Waals surface area (Å²) in [5, 5.41) is 4.04. The van der Waals surface area contributed by atoms with Gasteiger partial charge in [0.25, 0.3) is 5.91 Å². The highest BCUT2D eigenvalue weighted by Gasteiger charge is 2.37. The molecule has 0 spiro atoms. The lowest BCUT2D eigenvalue weighted by Crippen LogP contribution is -2.49. The third-order valence-corrected chi connectivity index (χ3v) is 6.75. The first-order chi connectivity index (χ1) is 18.9. The first kappa shape index (κ1) is 28.9. The minimum atomic E-state index is -1.14. The van der Waals surface area contributed by atoms with Crippen LogP contribution in [0, 0.1) is 13.8 Å². The number of benzene rings is 3. The average molecular weight is 560 g/mol. The Kier molecular flexibility index (Phi) is 8.35. The fourth-order valence-corrected chi connectivity index (χ4v) is 4.92. The maximum atomic E-state index is 14.3. The number of halogens is 1. The van der Waals surface area contributed by atoms with Crippen molar-refractivity contribution in [1.82, 2.24) is 10.3 Å². The number of rotatable bonds is 7. The molecule has 1 heterocycles. The van der Waals surface area contributed by atoms with Gasteiger partial charge in [-0.3, -0.25) is 14.5 Å². The molecule has 40 heavy (non-hydrogen) atoms. The number of anilines is 1. The van der Waals surface area contributed by atoms with Gasteiger partial charge in [-0.05, 0) is 100 Å². The van der Waals surface area contributed by atoms with Crippen molar-refractivity contribution >= 4 is 40.0 Å². The Balaban J connectivity index is 2.00. The quantitative estimate of drug-likeness (QED) is 0.251. The second kappa shape index (κ2) is 11.6. The first-order valence-corrected chi connectivity index (χ1v) is 13.3. The summed E-state index contributed by atoms with van der Waals surface area (Å²) in [6.07, 6.45) is 0. The van der Waals surface area contributed by atoms with Crippen LogP contribution in [0.5, 0.6) is 11.5 Å². The predicted octanol–water partition coefficient (Wildman–Crippen LogP) is 6.83. The van der Waals surface area contributed by atoms with E-state index in [9.17, 15) is 9.59 Å². The monoisotopic (exact) mass is 559 g/mol. The lowest BCUT2D eigenvalue weighted by Gasteiger charge is -2.34. The van der Waals surface area contributed by atoms with E-state index in [1.807, 2.05) is 46.8 Å². The van der Waals surface area contributed by atoms with Gasteiger partial charge in [-0.25, -0.2) is 4.98 Å². The lowest BCUT2D eigenvalue weighted by molar-refractivity contribution is -0.123. The largest absolute Gasteiger partial charge is 0.497 e. The molecule has 0 radical (unpaired) electrons. The molecule has 208 valence electrons. The third kappa shape index (κ3) is 6.20. The number of amides is 2. The topological polar surface area (TPSA) is 80.8 Å². The highest BCUT2D eigenvalue weighted by Crippen LogP contribution is 2.36. The minimum Gasteiger partial charge on any atom is -0.497 e. The molecule has 1 N–H and O–H groups in total. The number of pyridine rings is 1. The molecule has 3 aromatic carbocycles. The summed E-state index contributed by atoms with van der Waals surface area (Å²) in [5.74, 6) is 0.333. The molecule has 1 aromatic heterocycles. The number of hydrogen-bond acceptors (Lipinski definition) is 5. The molecule has 0 aliphatic heterocycles. The maximum Gasteiger partial charge on any atom is 0.259 e. The maximum absolute atomic E-state index is 14.3. The molecule has 0 aliphatic rings. The van der Waals surface area contributed by atoms with Gasteiger partial charge in [0.2, 0.25) is 5.91 Å². The predicted molar refractivity (Wildman–Crippen MR) is 160 cm³/mol. The molecule has 0 saturated heterocycles. The van der Waals surface area contributed by atoms with Crippen molar-refractivity contribution in [3.05, 3.63) is 94.1 Å². The van der Waals surface area contributed by atoms with Gasteiger partial charge in [0.15, 0.2) is 0 Å². The molecule has 2 amide bonds. The minimum absolute atomic E-state index is 0.142. The van der Waals surface area contributed by atoms with Gasteiger partial charge in [-0.2, -0.15) is 0 Å². The van der Waals surface area contributed by atoms with Crippen molar-refractivity contribution in [2.45, 2.75) is 46.2 Å². The van der Waals surface area contributed by atoms with E-state index >= 15 is 0 Å². The van der Waals surface area contributed by atoms with Crippen LogP contribution in [0.15, 0.2) is 66.7 Å². The molecular formula is C32H34ClN3O4. The summed E-state index contributed by atoms with van der Waals surface area (Å²) in [6, 6.07) is 18.5. The van der Waals surface area contributed by atoms with Crippen LogP contribution in [0.2, 0.25) is 5.15 Å². The van der Waals surface area contributed by atoms with E-state index in [0.717, 1.165) is 22.0 Å². The molecule has 0 aliphatic carbocycles. The van der Waals surface area contributed by atoms with E-state index in [2.05, 4.69) is 16.4 Å². The molecule has 1 unspecified atom stereocenters. The normalized spacial score (nSPS) is 12.1. The Morgan fingerprint density at radius 3 is 2.23 bits per heavy atom. The number of carbonyl (C=O) groups excluding carboxylic acids is 2. The van der Waals surface area contributed by atoms with E-state index in [-0.39, 0.29) is 5.15 Å². The summed E-state index contributed by atoms with van der Waals surface area (Å²) >= 11 is 6.83. The molecule has 4 aromatic rings. The number of fused-ring (bicyclic) bond motifs is 1. The summed E-state index contributed by atoms with van der Waals surface area (Å²) < 4.78 is 10.7. The van der Waals surface area contributed by atoms with Crippen LogP contribution in [0.25, 0.3) is 10.9 Å². The number of methoxy groups -OCH3 is 2. The Hall–Kier alpha value is -4.10. The van der Waals surface area contributed by atoms with Crippen LogP contribution in [-0.2, 0) is 4.79 Å². The van der Waals surface area contributed by atoms with Gasteiger partial charge in [0.1, 0.15) is 22.7 Å². The molecule has 0 saturated carbocycles. The van der Waals surface area contributed by atoms with Gasteiger partial charge >= 0.3 is 0 Å². The summed E-state index contributed by atoms with van der Waals surface area (Å²) in [7, 11) is 3.10. The van der Waals surface area contributed by atoms with Crippen molar-refractivity contribution in [1.29, 1.82) is 0 Å². The van der Waals surface area contributed by atoms with Crippen molar-refractivity contribution in [3.8, 4) is 11.5 Å². The van der Waals surface area contributed by atoms with Crippen molar-refractivity contribution in [2.75, 3.05) is 19.1 Å².